The second-order valence-electron chi connectivity index (χ2n) is 4.22. The molecule has 1 aromatic heterocycles. The minimum atomic E-state index is 0.303. The maximum atomic E-state index is 5.72. The topological polar surface area (TPSA) is 61.3 Å². The SMILES string of the molecule is COc1ccc2oc(C(C)CCCN)nc2c1. The molecule has 0 bridgehead atoms. The van der Waals surface area contributed by atoms with Crippen LogP contribution >= 0.6 is 0 Å². The Hall–Kier alpha value is -1.55. The lowest BCUT2D eigenvalue weighted by molar-refractivity contribution is 0.415. The van der Waals surface area contributed by atoms with Gasteiger partial charge in [-0.25, -0.2) is 4.98 Å². The Morgan fingerprint density at radius 2 is 2.29 bits per heavy atom. The minimum Gasteiger partial charge on any atom is -0.497 e. The third-order valence-corrected chi connectivity index (χ3v) is 2.87. The summed E-state index contributed by atoms with van der Waals surface area (Å²) in [6, 6.07) is 5.65. The first-order valence-electron chi connectivity index (χ1n) is 5.89. The van der Waals surface area contributed by atoms with E-state index in [2.05, 4.69) is 11.9 Å². The maximum Gasteiger partial charge on any atom is 0.198 e. The minimum absolute atomic E-state index is 0.303. The molecule has 0 saturated heterocycles. The Morgan fingerprint density at radius 3 is 3.00 bits per heavy atom. The number of oxazole rings is 1. The molecular weight excluding hydrogens is 216 g/mol. The van der Waals surface area contributed by atoms with Gasteiger partial charge < -0.3 is 14.9 Å². The number of aromatic nitrogens is 1. The first kappa shape index (κ1) is 11.9. The van der Waals surface area contributed by atoms with Crippen molar-refractivity contribution in [2.75, 3.05) is 13.7 Å². The first-order valence-corrected chi connectivity index (χ1v) is 5.89. The van der Waals surface area contributed by atoms with Gasteiger partial charge in [0.05, 0.1) is 7.11 Å². The van der Waals surface area contributed by atoms with Gasteiger partial charge in [-0.1, -0.05) is 6.92 Å². The number of methoxy groups -OCH3 is 1. The highest BCUT2D eigenvalue weighted by molar-refractivity contribution is 5.74. The van der Waals surface area contributed by atoms with Crippen molar-refractivity contribution >= 4 is 11.1 Å². The molecule has 2 aromatic rings. The maximum absolute atomic E-state index is 5.72. The van der Waals surface area contributed by atoms with E-state index in [0.29, 0.717) is 12.5 Å². The van der Waals surface area contributed by atoms with Crippen molar-refractivity contribution in [3.63, 3.8) is 0 Å². The molecule has 2 N–H and O–H groups in total. The molecule has 1 heterocycles. The molecule has 4 nitrogen and oxygen atoms in total. The van der Waals surface area contributed by atoms with E-state index in [1.54, 1.807) is 7.11 Å². The fraction of sp³-hybridized carbons (Fsp3) is 0.462. The van der Waals surface area contributed by atoms with E-state index in [1.165, 1.54) is 0 Å². The molecule has 0 aliphatic carbocycles. The van der Waals surface area contributed by atoms with Gasteiger partial charge in [-0.3, -0.25) is 0 Å². The number of nitrogens with two attached hydrogens (primary N) is 1. The lowest BCUT2D eigenvalue weighted by atomic mass is 10.1. The van der Waals surface area contributed by atoms with Crippen LogP contribution < -0.4 is 10.5 Å². The third kappa shape index (κ3) is 2.58. The van der Waals surface area contributed by atoms with E-state index < -0.39 is 0 Å². The van der Waals surface area contributed by atoms with Crippen LogP contribution in [-0.2, 0) is 0 Å². The number of hydrogen-bond donors (Lipinski definition) is 1. The number of ether oxygens (including phenoxy) is 1. The fourth-order valence-corrected chi connectivity index (χ4v) is 1.81. The van der Waals surface area contributed by atoms with Gasteiger partial charge in [-0.15, -0.1) is 0 Å². The number of hydrogen-bond acceptors (Lipinski definition) is 4. The standard InChI is InChI=1S/C13H18N2O2/c1-9(4-3-7-14)13-15-11-8-10(16-2)5-6-12(11)17-13/h5-6,8-9H,3-4,7,14H2,1-2H3. The van der Waals surface area contributed by atoms with Gasteiger partial charge in [0, 0.05) is 12.0 Å². The van der Waals surface area contributed by atoms with E-state index in [4.69, 9.17) is 14.9 Å². The molecule has 92 valence electrons. The Balaban J connectivity index is 2.24. The molecule has 0 aliphatic rings. The van der Waals surface area contributed by atoms with Crippen LogP contribution in [0.4, 0.5) is 0 Å². The van der Waals surface area contributed by atoms with Crippen molar-refractivity contribution < 1.29 is 9.15 Å². The summed E-state index contributed by atoms with van der Waals surface area (Å²) in [5.41, 5.74) is 7.15. The Labute approximate surface area is 101 Å². The summed E-state index contributed by atoms with van der Waals surface area (Å²) < 4.78 is 10.9. The zero-order valence-corrected chi connectivity index (χ0v) is 10.3. The largest absolute Gasteiger partial charge is 0.497 e. The summed E-state index contributed by atoms with van der Waals surface area (Å²) in [6.07, 6.45) is 1.99. The van der Waals surface area contributed by atoms with E-state index in [1.807, 2.05) is 18.2 Å². The van der Waals surface area contributed by atoms with Crippen LogP contribution in [0.1, 0.15) is 31.6 Å². The number of benzene rings is 1. The van der Waals surface area contributed by atoms with Crippen LogP contribution in [0.3, 0.4) is 0 Å². The molecular formula is C13H18N2O2. The number of rotatable bonds is 5. The predicted molar refractivity (Wildman–Crippen MR) is 67.3 cm³/mol. The summed E-state index contributed by atoms with van der Waals surface area (Å²) in [4.78, 5) is 4.49. The highest BCUT2D eigenvalue weighted by Crippen LogP contribution is 2.26. The van der Waals surface area contributed by atoms with Gasteiger partial charge in [-0.05, 0) is 31.5 Å². The molecule has 4 heteroatoms. The summed E-state index contributed by atoms with van der Waals surface area (Å²) in [5.74, 6) is 1.88. The van der Waals surface area contributed by atoms with Gasteiger partial charge >= 0.3 is 0 Å². The summed E-state index contributed by atoms with van der Waals surface area (Å²) in [5, 5.41) is 0. The third-order valence-electron chi connectivity index (χ3n) is 2.87. The molecule has 0 fully saturated rings. The molecule has 17 heavy (non-hydrogen) atoms. The Morgan fingerprint density at radius 1 is 1.47 bits per heavy atom. The van der Waals surface area contributed by atoms with Crippen LogP contribution in [-0.4, -0.2) is 18.6 Å². The lowest BCUT2D eigenvalue weighted by Crippen LogP contribution is -2.02. The quantitative estimate of drug-likeness (QED) is 0.864. The van der Waals surface area contributed by atoms with Crippen LogP contribution in [0.25, 0.3) is 11.1 Å². The van der Waals surface area contributed by atoms with Crippen molar-refractivity contribution in [3.8, 4) is 5.75 Å². The zero-order chi connectivity index (χ0) is 12.3. The summed E-state index contributed by atoms with van der Waals surface area (Å²) in [6.45, 7) is 2.82. The molecule has 0 aliphatic heterocycles. The van der Waals surface area contributed by atoms with Crippen LogP contribution in [0.15, 0.2) is 22.6 Å². The van der Waals surface area contributed by atoms with E-state index in [9.17, 15) is 0 Å². The molecule has 0 amide bonds. The number of fused-ring (bicyclic) bond motifs is 1. The molecule has 0 spiro atoms. The van der Waals surface area contributed by atoms with Gasteiger partial charge in [-0.2, -0.15) is 0 Å². The van der Waals surface area contributed by atoms with Gasteiger partial charge in [0.1, 0.15) is 11.3 Å². The van der Waals surface area contributed by atoms with Crippen molar-refractivity contribution in [3.05, 3.63) is 24.1 Å². The lowest BCUT2D eigenvalue weighted by Gasteiger charge is -2.04. The van der Waals surface area contributed by atoms with E-state index in [0.717, 1.165) is 35.6 Å². The van der Waals surface area contributed by atoms with Crippen molar-refractivity contribution in [1.82, 2.24) is 4.98 Å². The van der Waals surface area contributed by atoms with Crippen molar-refractivity contribution in [2.24, 2.45) is 5.73 Å². The average molecular weight is 234 g/mol. The van der Waals surface area contributed by atoms with Crippen molar-refractivity contribution in [2.45, 2.75) is 25.7 Å². The smallest absolute Gasteiger partial charge is 0.198 e. The van der Waals surface area contributed by atoms with Gasteiger partial charge in [0.15, 0.2) is 11.5 Å². The molecule has 0 radical (unpaired) electrons. The van der Waals surface area contributed by atoms with Crippen LogP contribution in [0.2, 0.25) is 0 Å². The summed E-state index contributed by atoms with van der Waals surface area (Å²) >= 11 is 0. The van der Waals surface area contributed by atoms with Crippen LogP contribution in [0.5, 0.6) is 5.75 Å². The molecule has 1 unspecified atom stereocenters. The fourth-order valence-electron chi connectivity index (χ4n) is 1.81. The first-order chi connectivity index (χ1) is 8.24. The van der Waals surface area contributed by atoms with Gasteiger partial charge in [0.2, 0.25) is 0 Å². The van der Waals surface area contributed by atoms with Gasteiger partial charge in [0.25, 0.3) is 0 Å². The van der Waals surface area contributed by atoms with Crippen molar-refractivity contribution in [1.29, 1.82) is 0 Å². The Bertz CT molecular complexity index is 493. The zero-order valence-electron chi connectivity index (χ0n) is 10.3. The molecule has 1 atom stereocenters. The normalized spacial score (nSPS) is 12.9. The number of nitrogens with zero attached hydrogens (tertiary/aromatic N) is 1. The van der Waals surface area contributed by atoms with E-state index in [-0.39, 0.29) is 0 Å². The van der Waals surface area contributed by atoms with E-state index >= 15 is 0 Å². The summed E-state index contributed by atoms with van der Waals surface area (Å²) in [7, 11) is 1.64. The van der Waals surface area contributed by atoms with Crippen LogP contribution in [0, 0.1) is 0 Å². The Kier molecular flexibility index (Phi) is 3.64. The molecule has 2 rings (SSSR count). The predicted octanol–water partition coefficient (Wildman–Crippen LogP) is 2.68. The molecule has 1 aromatic carbocycles. The molecule has 0 saturated carbocycles. The highest BCUT2D eigenvalue weighted by atomic mass is 16.5. The second-order valence-corrected chi connectivity index (χ2v) is 4.22. The monoisotopic (exact) mass is 234 g/mol. The average Bonchev–Trinajstić information content (AvgIpc) is 2.78. The second kappa shape index (κ2) is 5.19. The highest BCUT2D eigenvalue weighted by Gasteiger charge is 2.13.